The summed E-state index contributed by atoms with van der Waals surface area (Å²) < 4.78 is 0. The molecule has 0 aliphatic heterocycles. The number of para-hydroxylation sites is 1. The molecule has 5 nitrogen and oxygen atoms in total. The molecule has 5 heteroatoms. The number of hydrogen-bond donors (Lipinski definition) is 3. The number of nitrogens with zero attached hydrogens (tertiary/aromatic N) is 1. The van der Waals surface area contributed by atoms with Crippen LogP contribution in [0.2, 0.25) is 0 Å². The largest absolute Gasteiger partial charge is 0.507 e. The molecule has 4 N–H and O–H groups in total. The maximum atomic E-state index is 10.8. The second-order valence-corrected chi connectivity index (χ2v) is 11.6. The molecule has 3 aromatic rings. The topological polar surface area (TPSA) is 96.4 Å². The minimum absolute atomic E-state index is 0.109. The van der Waals surface area contributed by atoms with E-state index in [9.17, 15) is 9.90 Å². The van der Waals surface area contributed by atoms with Gasteiger partial charge in [-0.05, 0) is 71.3 Å². The molecule has 0 spiro atoms. The normalized spacial score (nSPS) is 13.7. The summed E-state index contributed by atoms with van der Waals surface area (Å²) >= 11 is 0. The fourth-order valence-electron chi connectivity index (χ4n) is 4.64. The highest BCUT2D eigenvalue weighted by molar-refractivity contribution is 5.92. The van der Waals surface area contributed by atoms with E-state index in [1.807, 2.05) is 30.3 Å². The van der Waals surface area contributed by atoms with Crippen LogP contribution in [-0.4, -0.2) is 21.2 Å². The highest BCUT2D eigenvalue weighted by Crippen LogP contribution is 2.40. The zero-order valence-corrected chi connectivity index (χ0v) is 22.0. The van der Waals surface area contributed by atoms with Crippen LogP contribution in [0.1, 0.15) is 88.8 Å². The minimum atomic E-state index is -0.798. The van der Waals surface area contributed by atoms with Gasteiger partial charge in [0.2, 0.25) is 0 Å². The molecule has 1 aliphatic carbocycles. The van der Waals surface area contributed by atoms with Gasteiger partial charge in [-0.1, -0.05) is 71.9 Å². The lowest BCUT2D eigenvalue weighted by atomic mass is 9.78. The number of aliphatic carboxylic acids is 1. The molecule has 1 aromatic heterocycles. The second kappa shape index (κ2) is 10.3. The van der Waals surface area contributed by atoms with Crippen molar-refractivity contribution < 1.29 is 15.0 Å². The Kier molecular flexibility index (Phi) is 7.78. The standard InChI is InChI=1S/C17H26O3.C13H14N2/c1-16(2,3)12-9-11(7-8-14(18)19)10-13(15(12)20)17(4,5)6;14-13-9-5-1-3-7-11(9)15-12-8-4-2-6-10(12)13/h9-10,20H,7-8H2,1-6H3,(H,18,19);1,3,5,7H,2,4,6,8H2,(H2,14,15). The number of benzene rings is 2. The Hall–Kier alpha value is -3.08. The number of phenols is 1. The van der Waals surface area contributed by atoms with Crippen LogP contribution in [0, 0.1) is 0 Å². The predicted molar refractivity (Wildman–Crippen MR) is 144 cm³/mol. The number of carbonyl (C=O) groups is 1. The number of nitrogen functional groups attached to an aromatic ring is 1. The van der Waals surface area contributed by atoms with Crippen molar-refractivity contribution in [1.82, 2.24) is 4.98 Å². The lowest BCUT2D eigenvalue weighted by Gasteiger charge is -2.28. The molecule has 0 saturated heterocycles. The molecule has 0 fully saturated rings. The van der Waals surface area contributed by atoms with Gasteiger partial charge in [-0.25, -0.2) is 0 Å². The molecule has 4 rings (SSSR count). The van der Waals surface area contributed by atoms with E-state index in [1.165, 1.54) is 24.1 Å². The molecule has 35 heavy (non-hydrogen) atoms. The second-order valence-electron chi connectivity index (χ2n) is 11.6. The van der Waals surface area contributed by atoms with E-state index >= 15 is 0 Å². The molecular weight excluding hydrogens is 436 g/mol. The molecule has 188 valence electrons. The number of rotatable bonds is 3. The monoisotopic (exact) mass is 476 g/mol. The molecule has 0 amide bonds. The van der Waals surface area contributed by atoms with Crippen molar-refractivity contribution in [3.63, 3.8) is 0 Å². The molecule has 0 radical (unpaired) electrons. The summed E-state index contributed by atoms with van der Waals surface area (Å²) in [5, 5.41) is 20.5. The van der Waals surface area contributed by atoms with Crippen LogP contribution in [0.3, 0.4) is 0 Å². The quantitative estimate of drug-likeness (QED) is 0.391. The van der Waals surface area contributed by atoms with E-state index in [0.29, 0.717) is 12.2 Å². The van der Waals surface area contributed by atoms with Crippen molar-refractivity contribution in [2.75, 3.05) is 5.73 Å². The minimum Gasteiger partial charge on any atom is -0.507 e. The van der Waals surface area contributed by atoms with E-state index in [2.05, 4.69) is 47.6 Å². The number of hydrogen-bond acceptors (Lipinski definition) is 4. The fourth-order valence-corrected chi connectivity index (χ4v) is 4.64. The Morgan fingerprint density at radius 2 is 1.54 bits per heavy atom. The highest BCUT2D eigenvalue weighted by atomic mass is 16.4. The van der Waals surface area contributed by atoms with E-state index < -0.39 is 5.97 Å². The van der Waals surface area contributed by atoms with Gasteiger partial charge in [0.1, 0.15) is 5.75 Å². The van der Waals surface area contributed by atoms with Gasteiger partial charge in [-0.15, -0.1) is 0 Å². The number of aryl methyl sites for hydroxylation is 2. The summed E-state index contributed by atoms with van der Waals surface area (Å²) in [6, 6.07) is 12.0. The molecule has 0 saturated carbocycles. The van der Waals surface area contributed by atoms with Crippen LogP contribution >= 0.6 is 0 Å². The van der Waals surface area contributed by atoms with Gasteiger partial charge in [-0.2, -0.15) is 0 Å². The van der Waals surface area contributed by atoms with E-state index in [0.717, 1.165) is 46.1 Å². The Labute approximate surface area is 209 Å². The number of nitrogens with two attached hydrogens (primary N) is 1. The summed E-state index contributed by atoms with van der Waals surface area (Å²) in [5.74, 6) is -0.461. The van der Waals surface area contributed by atoms with E-state index in [-0.39, 0.29) is 17.3 Å². The van der Waals surface area contributed by atoms with Crippen molar-refractivity contribution in [1.29, 1.82) is 0 Å². The van der Waals surface area contributed by atoms with Gasteiger partial charge in [0.25, 0.3) is 0 Å². The Bertz CT molecular complexity index is 1180. The van der Waals surface area contributed by atoms with Crippen LogP contribution in [0.25, 0.3) is 10.9 Å². The predicted octanol–water partition coefficient (Wildman–Crippen LogP) is 6.70. The van der Waals surface area contributed by atoms with Gasteiger partial charge >= 0.3 is 5.97 Å². The van der Waals surface area contributed by atoms with Crippen LogP contribution in [0.15, 0.2) is 36.4 Å². The molecule has 2 aromatic carbocycles. The number of fused-ring (bicyclic) bond motifs is 2. The lowest BCUT2D eigenvalue weighted by molar-refractivity contribution is -0.136. The van der Waals surface area contributed by atoms with Gasteiger partial charge in [0.15, 0.2) is 0 Å². The Morgan fingerprint density at radius 3 is 2.11 bits per heavy atom. The zero-order valence-electron chi connectivity index (χ0n) is 22.0. The third-order valence-corrected chi connectivity index (χ3v) is 6.63. The van der Waals surface area contributed by atoms with Crippen LogP contribution in [0.5, 0.6) is 5.75 Å². The number of carboxylic acids is 1. The summed E-state index contributed by atoms with van der Waals surface area (Å²) in [5.41, 5.74) is 13.1. The third kappa shape index (κ3) is 6.33. The van der Waals surface area contributed by atoms with Crippen molar-refractivity contribution in [3.8, 4) is 5.75 Å². The van der Waals surface area contributed by atoms with E-state index in [4.69, 9.17) is 15.8 Å². The first kappa shape index (κ1) is 26.5. The van der Waals surface area contributed by atoms with Crippen LogP contribution < -0.4 is 5.73 Å². The number of phenolic OH excluding ortho intramolecular Hbond substituents is 1. The molecular formula is C30H40N2O3. The first-order valence-corrected chi connectivity index (χ1v) is 12.5. The third-order valence-electron chi connectivity index (χ3n) is 6.63. The van der Waals surface area contributed by atoms with Crippen molar-refractivity contribution in [3.05, 3.63) is 64.3 Å². The van der Waals surface area contributed by atoms with Gasteiger partial charge < -0.3 is 15.9 Å². The summed E-state index contributed by atoms with van der Waals surface area (Å²) in [6.45, 7) is 12.3. The number of pyridine rings is 1. The number of aromatic hydroxyl groups is 1. The van der Waals surface area contributed by atoms with Crippen LogP contribution in [-0.2, 0) is 34.9 Å². The summed E-state index contributed by atoms with van der Waals surface area (Å²) in [6.07, 6.45) is 5.28. The average Bonchev–Trinajstić information content (AvgIpc) is 2.77. The maximum Gasteiger partial charge on any atom is 0.303 e. The fraction of sp³-hybridized carbons (Fsp3) is 0.467. The van der Waals surface area contributed by atoms with Gasteiger partial charge in [0.05, 0.1) is 5.52 Å². The molecule has 0 unspecified atom stereocenters. The molecule has 1 heterocycles. The van der Waals surface area contributed by atoms with Gasteiger partial charge in [-0.3, -0.25) is 9.78 Å². The van der Waals surface area contributed by atoms with Crippen molar-refractivity contribution in [2.24, 2.45) is 0 Å². The lowest BCUT2D eigenvalue weighted by Crippen LogP contribution is -2.18. The highest BCUT2D eigenvalue weighted by Gasteiger charge is 2.26. The molecule has 1 aliphatic rings. The molecule has 0 atom stereocenters. The van der Waals surface area contributed by atoms with Crippen molar-refractivity contribution in [2.45, 2.75) is 90.9 Å². The van der Waals surface area contributed by atoms with Crippen LogP contribution in [0.4, 0.5) is 5.69 Å². The SMILES string of the molecule is CC(C)(C)c1cc(CCC(=O)O)cc(C(C)(C)C)c1O.Nc1c2c(nc3ccccc13)CCCC2. The van der Waals surface area contributed by atoms with Gasteiger partial charge in [0, 0.05) is 23.2 Å². The Morgan fingerprint density at radius 1 is 0.971 bits per heavy atom. The number of aromatic nitrogens is 1. The number of anilines is 1. The van der Waals surface area contributed by atoms with E-state index in [1.54, 1.807) is 0 Å². The average molecular weight is 477 g/mol. The molecule has 0 bridgehead atoms. The summed E-state index contributed by atoms with van der Waals surface area (Å²) in [7, 11) is 0. The zero-order chi connectivity index (χ0) is 26.0. The number of carboxylic acid groups (broad SMARTS) is 1. The first-order chi connectivity index (χ1) is 16.3. The smallest absolute Gasteiger partial charge is 0.303 e. The Balaban J connectivity index is 0.000000202. The first-order valence-electron chi connectivity index (χ1n) is 12.5. The summed E-state index contributed by atoms with van der Waals surface area (Å²) in [4.78, 5) is 15.5. The maximum absolute atomic E-state index is 10.8. The van der Waals surface area contributed by atoms with Crippen molar-refractivity contribution >= 4 is 22.6 Å².